The van der Waals surface area contributed by atoms with Gasteiger partial charge in [-0.15, -0.1) is 0 Å². The van der Waals surface area contributed by atoms with Gasteiger partial charge in [0.05, 0.1) is 6.10 Å². The molecule has 19 heavy (non-hydrogen) atoms. The first-order valence-corrected chi connectivity index (χ1v) is 6.38. The number of aliphatic hydroxyl groups is 1. The van der Waals surface area contributed by atoms with Gasteiger partial charge >= 0.3 is 0 Å². The van der Waals surface area contributed by atoms with E-state index in [-0.39, 0.29) is 0 Å². The van der Waals surface area contributed by atoms with Crippen molar-refractivity contribution in [2.45, 2.75) is 33.8 Å². The van der Waals surface area contributed by atoms with Crippen LogP contribution in [0.2, 0.25) is 0 Å². The van der Waals surface area contributed by atoms with Gasteiger partial charge in [0.15, 0.2) is 0 Å². The fourth-order valence-corrected chi connectivity index (χ4v) is 1.99. The van der Waals surface area contributed by atoms with E-state index in [1.165, 1.54) is 5.56 Å². The van der Waals surface area contributed by atoms with Gasteiger partial charge in [0, 0.05) is 11.8 Å². The first-order valence-electron chi connectivity index (χ1n) is 6.38. The molecular formula is C16H19NO2. The van der Waals surface area contributed by atoms with Crippen molar-refractivity contribution in [3.63, 3.8) is 0 Å². The topological polar surface area (TPSA) is 42.4 Å². The maximum atomic E-state index is 9.76. The van der Waals surface area contributed by atoms with Crippen LogP contribution in [0.5, 0.6) is 11.6 Å². The monoisotopic (exact) mass is 257 g/mol. The summed E-state index contributed by atoms with van der Waals surface area (Å²) in [5, 5.41) is 9.76. The van der Waals surface area contributed by atoms with Gasteiger partial charge in [-0.25, -0.2) is 4.98 Å². The van der Waals surface area contributed by atoms with Crippen LogP contribution >= 0.6 is 0 Å². The van der Waals surface area contributed by atoms with Crippen LogP contribution in [0.4, 0.5) is 0 Å². The lowest BCUT2D eigenvalue weighted by Gasteiger charge is -2.16. The van der Waals surface area contributed by atoms with Crippen molar-refractivity contribution in [2.75, 3.05) is 0 Å². The molecule has 0 aliphatic rings. The van der Waals surface area contributed by atoms with Gasteiger partial charge < -0.3 is 9.84 Å². The van der Waals surface area contributed by atoms with Crippen molar-refractivity contribution < 1.29 is 9.84 Å². The van der Waals surface area contributed by atoms with Gasteiger partial charge in [0.25, 0.3) is 0 Å². The highest BCUT2D eigenvalue weighted by molar-refractivity contribution is 5.47. The first kappa shape index (κ1) is 13.6. The molecule has 2 rings (SSSR count). The van der Waals surface area contributed by atoms with Crippen molar-refractivity contribution in [1.82, 2.24) is 4.98 Å². The lowest BCUT2D eigenvalue weighted by molar-refractivity contribution is 0.194. The Morgan fingerprint density at radius 2 is 1.79 bits per heavy atom. The third-order valence-corrected chi connectivity index (χ3v) is 3.32. The molecule has 1 aromatic carbocycles. The summed E-state index contributed by atoms with van der Waals surface area (Å²) in [6, 6.07) is 7.73. The SMILES string of the molecule is Cc1ccc(C)c(Oc2ncccc2C(C)O)c1C. The quantitative estimate of drug-likeness (QED) is 0.908. The highest BCUT2D eigenvalue weighted by atomic mass is 16.5. The fourth-order valence-electron chi connectivity index (χ4n) is 1.99. The van der Waals surface area contributed by atoms with E-state index in [0.717, 1.165) is 16.9 Å². The summed E-state index contributed by atoms with van der Waals surface area (Å²) in [6.07, 6.45) is 1.07. The number of rotatable bonds is 3. The molecule has 1 N–H and O–H groups in total. The lowest BCUT2D eigenvalue weighted by atomic mass is 10.1. The van der Waals surface area contributed by atoms with E-state index in [9.17, 15) is 5.11 Å². The lowest BCUT2D eigenvalue weighted by Crippen LogP contribution is -2.00. The second-order valence-corrected chi connectivity index (χ2v) is 4.83. The Morgan fingerprint density at radius 3 is 2.47 bits per heavy atom. The Labute approximate surface area is 113 Å². The van der Waals surface area contributed by atoms with Crippen molar-refractivity contribution in [3.05, 3.63) is 52.7 Å². The third kappa shape index (κ3) is 2.76. The fraction of sp³-hybridized carbons (Fsp3) is 0.312. The molecule has 2 aromatic rings. The minimum absolute atomic E-state index is 0.467. The van der Waals surface area contributed by atoms with Gasteiger partial charge in [-0.3, -0.25) is 0 Å². The summed E-state index contributed by atoms with van der Waals surface area (Å²) in [4.78, 5) is 4.22. The van der Waals surface area contributed by atoms with Gasteiger partial charge in [-0.1, -0.05) is 12.1 Å². The number of aromatic nitrogens is 1. The predicted molar refractivity (Wildman–Crippen MR) is 75.6 cm³/mol. The summed E-state index contributed by atoms with van der Waals surface area (Å²) in [5.74, 6) is 1.29. The summed E-state index contributed by atoms with van der Waals surface area (Å²) in [6.45, 7) is 7.80. The molecule has 0 saturated carbocycles. The van der Waals surface area contributed by atoms with Gasteiger partial charge in [0.2, 0.25) is 5.88 Å². The van der Waals surface area contributed by atoms with Crippen molar-refractivity contribution in [1.29, 1.82) is 0 Å². The van der Waals surface area contributed by atoms with Crippen LogP contribution in [0.1, 0.15) is 35.3 Å². The van der Waals surface area contributed by atoms with Gasteiger partial charge in [0.1, 0.15) is 5.75 Å². The van der Waals surface area contributed by atoms with E-state index >= 15 is 0 Å². The molecule has 0 radical (unpaired) electrons. The molecule has 1 aromatic heterocycles. The molecule has 0 fully saturated rings. The number of nitrogens with zero attached hydrogens (tertiary/aromatic N) is 1. The molecule has 3 nitrogen and oxygen atoms in total. The van der Waals surface area contributed by atoms with Gasteiger partial charge in [-0.2, -0.15) is 0 Å². The summed E-state index contributed by atoms with van der Waals surface area (Å²) < 4.78 is 5.94. The maximum Gasteiger partial charge on any atom is 0.225 e. The highest BCUT2D eigenvalue weighted by Crippen LogP contribution is 2.32. The minimum Gasteiger partial charge on any atom is -0.438 e. The number of pyridine rings is 1. The molecule has 0 aliphatic heterocycles. The van der Waals surface area contributed by atoms with E-state index in [2.05, 4.69) is 18.0 Å². The molecule has 0 bridgehead atoms. The number of aryl methyl sites for hydroxylation is 2. The Balaban J connectivity index is 2.45. The third-order valence-electron chi connectivity index (χ3n) is 3.32. The average molecular weight is 257 g/mol. The van der Waals surface area contributed by atoms with Crippen LogP contribution in [-0.4, -0.2) is 10.1 Å². The van der Waals surface area contributed by atoms with E-state index in [4.69, 9.17) is 4.74 Å². The summed E-state index contributed by atoms with van der Waals surface area (Å²) in [5.41, 5.74) is 4.03. The average Bonchev–Trinajstić information content (AvgIpc) is 2.39. The minimum atomic E-state index is -0.603. The number of hydrogen-bond donors (Lipinski definition) is 1. The number of benzene rings is 1. The zero-order valence-electron chi connectivity index (χ0n) is 11.8. The van der Waals surface area contributed by atoms with Crippen molar-refractivity contribution >= 4 is 0 Å². The molecule has 1 heterocycles. The summed E-state index contributed by atoms with van der Waals surface area (Å²) in [7, 11) is 0. The molecule has 0 saturated heterocycles. The smallest absolute Gasteiger partial charge is 0.225 e. The molecule has 3 heteroatoms. The molecular weight excluding hydrogens is 238 g/mol. The Bertz CT molecular complexity index is 591. The van der Waals surface area contributed by atoms with E-state index in [1.807, 2.05) is 26.0 Å². The van der Waals surface area contributed by atoms with Gasteiger partial charge in [-0.05, 0) is 56.5 Å². The largest absolute Gasteiger partial charge is 0.438 e. The number of aliphatic hydroxyl groups excluding tert-OH is 1. The second kappa shape index (κ2) is 5.41. The molecule has 1 atom stereocenters. The van der Waals surface area contributed by atoms with E-state index < -0.39 is 6.10 Å². The molecule has 1 unspecified atom stereocenters. The van der Waals surface area contributed by atoms with Crippen molar-refractivity contribution in [2.24, 2.45) is 0 Å². The predicted octanol–water partition coefficient (Wildman–Crippen LogP) is 3.85. The molecule has 0 spiro atoms. The molecule has 0 aliphatic carbocycles. The van der Waals surface area contributed by atoms with Crippen LogP contribution in [0.3, 0.4) is 0 Å². The van der Waals surface area contributed by atoms with Crippen LogP contribution in [-0.2, 0) is 0 Å². The van der Waals surface area contributed by atoms with Crippen LogP contribution < -0.4 is 4.74 Å². The Morgan fingerprint density at radius 1 is 1.11 bits per heavy atom. The molecule has 0 amide bonds. The second-order valence-electron chi connectivity index (χ2n) is 4.83. The summed E-state index contributed by atoms with van der Waals surface area (Å²) >= 11 is 0. The maximum absolute atomic E-state index is 9.76. The molecule has 100 valence electrons. The first-order chi connectivity index (χ1) is 9.00. The highest BCUT2D eigenvalue weighted by Gasteiger charge is 2.14. The van der Waals surface area contributed by atoms with Crippen LogP contribution in [0, 0.1) is 20.8 Å². The van der Waals surface area contributed by atoms with Crippen LogP contribution in [0.25, 0.3) is 0 Å². The zero-order chi connectivity index (χ0) is 14.0. The number of ether oxygens (including phenoxy) is 1. The Kier molecular flexibility index (Phi) is 3.86. The zero-order valence-corrected chi connectivity index (χ0v) is 11.8. The van der Waals surface area contributed by atoms with Crippen molar-refractivity contribution in [3.8, 4) is 11.6 Å². The van der Waals surface area contributed by atoms with E-state index in [0.29, 0.717) is 11.4 Å². The standard InChI is InChI=1S/C16H19NO2/c1-10-7-8-11(2)15(12(10)3)19-16-14(13(4)18)6-5-9-17-16/h5-9,13,18H,1-4H3. The van der Waals surface area contributed by atoms with Crippen LogP contribution in [0.15, 0.2) is 30.5 Å². The normalized spacial score (nSPS) is 12.3. The number of hydrogen-bond acceptors (Lipinski definition) is 3. The Hall–Kier alpha value is -1.87. The van der Waals surface area contributed by atoms with E-state index in [1.54, 1.807) is 19.2 Å².